The predicted molar refractivity (Wildman–Crippen MR) is 95.7 cm³/mol. The molecule has 0 amide bonds. The van der Waals surface area contributed by atoms with Crippen LogP contribution in [-0.4, -0.2) is 16.7 Å². The average molecular weight is 370 g/mol. The molecule has 1 aliphatic rings. The minimum Gasteiger partial charge on any atom is -0.423 e. The Bertz CT molecular complexity index is 1100. The maximum absolute atomic E-state index is 13.2. The smallest absolute Gasteiger partial charge is 0.298 e. The molecule has 130 valence electrons. The molecule has 26 heavy (non-hydrogen) atoms. The summed E-state index contributed by atoms with van der Waals surface area (Å²) in [7, 11) is 0. The quantitative estimate of drug-likeness (QED) is 0.506. The van der Waals surface area contributed by atoms with Gasteiger partial charge in [-0.1, -0.05) is 16.8 Å². The first-order valence-electron chi connectivity index (χ1n) is 8.22. The zero-order chi connectivity index (χ0) is 17.7. The summed E-state index contributed by atoms with van der Waals surface area (Å²) in [6.07, 6.45) is 0.722. The van der Waals surface area contributed by atoms with Gasteiger partial charge in [0, 0.05) is 29.1 Å². The standard InChI is InChI=1S/C19H13ClFN3O2/c20-12-3-6-17-16(9-12)22-19(25-17)24-8-7-15-14(10-24)18(26-23-15)11-1-4-13(21)5-2-11/h1-6,9H,7-8,10H2. The molecule has 1 aliphatic heterocycles. The summed E-state index contributed by atoms with van der Waals surface area (Å²) in [4.78, 5) is 6.58. The summed E-state index contributed by atoms with van der Waals surface area (Å²) in [6, 6.07) is 12.1. The molecule has 0 atom stereocenters. The summed E-state index contributed by atoms with van der Waals surface area (Å²) in [5, 5.41) is 4.80. The Hall–Kier alpha value is -2.86. The highest BCUT2D eigenvalue weighted by molar-refractivity contribution is 6.31. The molecule has 0 spiro atoms. The van der Waals surface area contributed by atoms with Crippen LogP contribution in [0.15, 0.2) is 51.4 Å². The van der Waals surface area contributed by atoms with Gasteiger partial charge in [-0.25, -0.2) is 4.39 Å². The van der Waals surface area contributed by atoms with Crippen LogP contribution in [0.4, 0.5) is 10.4 Å². The van der Waals surface area contributed by atoms with Gasteiger partial charge in [-0.3, -0.25) is 0 Å². The molecule has 0 fully saturated rings. The molecule has 5 nitrogen and oxygen atoms in total. The zero-order valence-corrected chi connectivity index (χ0v) is 14.3. The van der Waals surface area contributed by atoms with Crippen molar-refractivity contribution in [1.82, 2.24) is 10.1 Å². The second kappa shape index (κ2) is 5.85. The minimum atomic E-state index is -0.283. The van der Waals surface area contributed by atoms with E-state index in [1.54, 1.807) is 24.3 Å². The van der Waals surface area contributed by atoms with Gasteiger partial charge in [-0.15, -0.1) is 0 Å². The second-order valence-electron chi connectivity index (χ2n) is 6.22. The molecule has 4 aromatic rings. The Labute approximate surface area is 153 Å². The number of halogens is 2. The zero-order valence-electron chi connectivity index (χ0n) is 13.6. The topological polar surface area (TPSA) is 55.3 Å². The molecular formula is C19H13ClFN3O2. The second-order valence-corrected chi connectivity index (χ2v) is 6.66. The number of oxazole rings is 1. The summed E-state index contributed by atoms with van der Waals surface area (Å²) >= 11 is 6.02. The van der Waals surface area contributed by atoms with E-state index >= 15 is 0 Å². The fraction of sp³-hybridized carbons (Fsp3) is 0.158. The SMILES string of the molecule is Fc1ccc(-c2onc3c2CN(c2nc4cc(Cl)ccc4o2)CC3)cc1. The first-order chi connectivity index (χ1) is 12.7. The number of hydrogen-bond donors (Lipinski definition) is 0. The summed E-state index contributed by atoms with van der Waals surface area (Å²) in [5.41, 5.74) is 4.11. The maximum Gasteiger partial charge on any atom is 0.298 e. The van der Waals surface area contributed by atoms with Crippen molar-refractivity contribution in [3.8, 4) is 11.3 Å². The molecule has 2 aromatic carbocycles. The maximum atomic E-state index is 13.2. The molecular weight excluding hydrogens is 357 g/mol. The number of nitrogens with zero attached hydrogens (tertiary/aromatic N) is 3. The van der Waals surface area contributed by atoms with Gasteiger partial charge in [0.25, 0.3) is 6.01 Å². The molecule has 0 saturated carbocycles. The van der Waals surface area contributed by atoms with Crippen molar-refractivity contribution < 1.29 is 13.3 Å². The average Bonchev–Trinajstić information content (AvgIpc) is 3.25. The van der Waals surface area contributed by atoms with Crippen LogP contribution < -0.4 is 4.90 Å². The van der Waals surface area contributed by atoms with Gasteiger partial charge >= 0.3 is 0 Å². The number of rotatable bonds is 2. The van der Waals surface area contributed by atoms with E-state index in [1.165, 1.54) is 12.1 Å². The minimum absolute atomic E-state index is 0.283. The largest absolute Gasteiger partial charge is 0.423 e. The van der Waals surface area contributed by atoms with Crippen LogP contribution in [0.25, 0.3) is 22.4 Å². The highest BCUT2D eigenvalue weighted by atomic mass is 35.5. The molecule has 7 heteroatoms. The van der Waals surface area contributed by atoms with Crippen molar-refractivity contribution in [1.29, 1.82) is 0 Å². The van der Waals surface area contributed by atoms with Crippen molar-refractivity contribution >= 4 is 28.7 Å². The van der Waals surface area contributed by atoms with Gasteiger partial charge in [0.15, 0.2) is 11.3 Å². The normalized spacial score (nSPS) is 14.0. The van der Waals surface area contributed by atoms with Crippen molar-refractivity contribution in [2.45, 2.75) is 13.0 Å². The summed E-state index contributed by atoms with van der Waals surface area (Å²) in [6.45, 7) is 1.29. The fourth-order valence-corrected chi connectivity index (χ4v) is 3.39. The first kappa shape index (κ1) is 15.4. The Morgan fingerprint density at radius 3 is 2.81 bits per heavy atom. The third kappa shape index (κ3) is 2.54. The number of aromatic nitrogens is 2. The molecule has 3 heterocycles. The molecule has 0 saturated heterocycles. The molecule has 0 aliphatic carbocycles. The van der Waals surface area contributed by atoms with Crippen molar-refractivity contribution in [3.63, 3.8) is 0 Å². The van der Waals surface area contributed by atoms with E-state index in [0.717, 1.165) is 35.3 Å². The van der Waals surface area contributed by atoms with E-state index in [-0.39, 0.29) is 5.82 Å². The van der Waals surface area contributed by atoms with Gasteiger partial charge in [0.2, 0.25) is 0 Å². The van der Waals surface area contributed by atoms with Crippen molar-refractivity contribution in [3.05, 3.63) is 64.6 Å². The van der Waals surface area contributed by atoms with Crippen molar-refractivity contribution in [2.24, 2.45) is 0 Å². The van der Waals surface area contributed by atoms with Crippen LogP contribution in [0.1, 0.15) is 11.3 Å². The molecule has 2 aromatic heterocycles. The van der Waals surface area contributed by atoms with Crippen LogP contribution in [-0.2, 0) is 13.0 Å². The van der Waals surface area contributed by atoms with E-state index < -0.39 is 0 Å². The van der Waals surface area contributed by atoms with Gasteiger partial charge < -0.3 is 13.8 Å². The monoisotopic (exact) mass is 369 g/mol. The van der Waals surface area contributed by atoms with Crippen LogP contribution in [0, 0.1) is 5.82 Å². The van der Waals surface area contributed by atoms with Crippen LogP contribution in [0.5, 0.6) is 0 Å². The van der Waals surface area contributed by atoms with E-state index in [9.17, 15) is 4.39 Å². The fourth-order valence-electron chi connectivity index (χ4n) is 3.23. The van der Waals surface area contributed by atoms with E-state index in [1.807, 2.05) is 11.0 Å². The lowest BCUT2D eigenvalue weighted by molar-refractivity contribution is 0.423. The highest BCUT2D eigenvalue weighted by Crippen LogP contribution is 2.33. The lowest BCUT2D eigenvalue weighted by Crippen LogP contribution is -2.30. The number of anilines is 1. The molecule has 0 bridgehead atoms. The first-order valence-corrected chi connectivity index (χ1v) is 8.59. The summed E-state index contributed by atoms with van der Waals surface area (Å²) < 4.78 is 24.6. The lowest BCUT2D eigenvalue weighted by atomic mass is 10.0. The Morgan fingerprint density at radius 2 is 1.96 bits per heavy atom. The van der Waals surface area contributed by atoms with Crippen LogP contribution in [0.3, 0.4) is 0 Å². The number of fused-ring (bicyclic) bond motifs is 2. The van der Waals surface area contributed by atoms with E-state index in [2.05, 4.69) is 10.1 Å². The molecule has 5 rings (SSSR count). The van der Waals surface area contributed by atoms with Gasteiger partial charge in [-0.05, 0) is 42.5 Å². The third-order valence-electron chi connectivity index (χ3n) is 4.55. The van der Waals surface area contributed by atoms with Gasteiger partial charge in [0.05, 0.1) is 12.2 Å². The van der Waals surface area contributed by atoms with E-state index in [0.29, 0.717) is 28.9 Å². The lowest BCUT2D eigenvalue weighted by Gasteiger charge is -2.24. The Morgan fingerprint density at radius 1 is 1.12 bits per heavy atom. The Balaban J connectivity index is 1.50. The third-order valence-corrected chi connectivity index (χ3v) is 4.79. The summed E-state index contributed by atoms with van der Waals surface area (Å²) in [5.74, 6) is 0.373. The Kier molecular flexibility index (Phi) is 3.46. The van der Waals surface area contributed by atoms with Gasteiger partial charge in [-0.2, -0.15) is 4.98 Å². The van der Waals surface area contributed by atoms with Gasteiger partial charge in [0.1, 0.15) is 11.3 Å². The van der Waals surface area contributed by atoms with Crippen LogP contribution in [0.2, 0.25) is 5.02 Å². The predicted octanol–water partition coefficient (Wildman–Crippen LogP) is 4.84. The highest BCUT2D eigenvalue weighted by Gasteiger charge is 2.27. The van der Waals surface area contributed by atoms with Crippen LogP contribution >= 0.6 is 11.6 Å². The molecule has 0 unspecified atom stereocenters. The van der Waals surface area contributed by atoms with E-state index in [4.69, 9.17) is 20.5 Å². The van der Waals surface area contributed by atoms with Crippen molar-refractivity contribution in [2.75, 3.05) is 11.4 Å². The molecule has 0 radical (unpaired) electrons. The number of benzene rings is 2. The molecule has 0 N–H and O–H groups in total. The number of hydrogen-bond acceptors (Lipinski definition) is 5.